The zero-order chi connectivity index (χ0) is 13.7. The van der Waals surface area contributed by atoms with Gasteiger partial charge in [-0.15, -0.1) is 0 Å². The lowest BCUT2D eigenvalue weighted by Gasteiger charge is -2.18. The van der Waals surface area contributed by atoms with E-state index in [1.807, 2.05) is 31.1 Å². The number of rotatable bonds is 6. The molecule has 1 heterocycles. The second-order valence-electron chi connectivity index (χ2n) is 5.19. The van der Waals surface area contributed by atoms with Crippen molar-refractivity contribution in [2.45, 2.75) is 19.9 Å². The quantitative estimate of drug-likeness (QED) is 0.865. The summed E-state index contributed by atoms with van der Waals surface area (Å²) in [5.41, 5.74) is 2.42. The summed E-state index contributed by atoms with van der Waals surface area (Å²) < 4.78 is 0. The van der Waals surface area contributed by atoms with Crippen LogP contribution >= 0.6 is 11.8 Å². The molecule has 2 nitrogen and oxygen atoms in total. The van der Waals surface area contributed by atoms with Crippen molar-refractivity contribution in [1.82, 2.24) is 10.3 Å². The van der Waals surface area contributed by atoms with Crippen molar-refractivity contribution in [2.75, 3.05) is 18.6 Å². The highest BCUT2D eigenvalue weighted by atomic mass is 32.2. The van der Waals surface area contributed by atoms with Crippen LogP contribution in [0, 0.1) is 5.92 Å². The molecule has 2 rings (SSSR count). The molecule has 2 aromatic rings. The Bertz CT molecular complexity index is 520. The molecule has 1 aromatic heterocycles. The van der Waals surface area contributed by atoms with Crippen molar-refractivity contribution in [2.24, 2.45) is 5.92 Å². The zero-order valence-corrected chi connectivity index (χ0v) is 12.7. The molecule has 1 N–H and O–H groups in total. The molecule has 102 valence electrons. The standard InChI is InChI=1S/C16H22N2S/c1-12(2)10-19-11-15(17-3)14-8-4-6-13-7-5-9-18-16(13)14/h4-9,12,15,17H,10-11H2,1-3H3. The van der Waals surface area contributed by atoms with Gasteiger partial charge in [-0.1, -0.05) is 38.1 Å². The first-order valence-corrected chi connectivity index (χ1v) is 7.96. The first-order chi connectivity index (χ1) is 9.22. The van der Waals surface area contributed by atoms with Gasteiger partial charge in [0, 0.05) is 23.4 Å². The second kappa shape index (κ2) is 6.92. The number of aromatic nitrogens is 1. The van der Waals surface area contributed by atoms with Gasteiger partial charge in [0.15, 0.2) is 0 Å². The highest BCUT2D eigenvalue weighted by molar-refractivity contribution is 7.99. The number of nitrogens with zero attached hydrogens (tertiary/aromatic N) is 1. The first kappa shape index (κ1) is 14.4. The molecule has 1 unspecified atom stereocenters. The Kier molecular flexibility index (Phi) is 5.23. The van der Waals surface area contributed by atoms with Gasteiger partial charge in [-0.2, -0.15) is 11.8 Å². The van der Waals surface area contributed by atoms with Gasteiger partial charge < -0.3 is 5.32 Å². The fourth-order valence-corrected chi connectivity index (χ4v) is 3.35. The van der Waals surface area contributed by atoms with Crippen molar-refractivity contribution in [1.29, 1.82) is 0 Å². The van der Waals surface area contributed by atoms with Crippen LogP contribution in [0.5, 0.6) is 0 Å². The van der Waals surface area contributed by atoms with E-state index >= 15 is 0 Å². The molecule has 0 spiro atoms. The number of pyridine rings is 1. The smallest absolute Gasteiger partial charge is 0.0750 e. The summed E-state index contributed by atoms with van der Waals surface area (Å²) in [5, 5.41) is 4.64. The Balaban J connectivity index is 2.20. The fourth-order valence-electron chi connectivity index (χ4n) is 2.16. The molecule has 0 saturated heterocycles. The Morgan fingerprint density at radius 2 is 1.95 bits per heavy atom. The molecular formula is C16H22N2S. The molecule has 1 aromatic carbocycles. The van der Waals surface area contributed by atoms with Crippen LogP contribution < -0.4 is 5.32 Å². The van der Waals surface area contributed by atoms with Gasteiger partial charge in [-0.25, -0.2) is 0 Å². The summed E-state index contributed by atoms with van der Waals surface area (Å²) in [5.74, 6) is 3.04. The first-order valence-electron chi connectivity index (χ1n) is 6.81. The van der Waals surface area contributed by atoms with Crippen LogP contribution in [0.2, 0.25) is 0 Å². The number of hydrogen-bond donors (Lipinski definition) is 1. The van der Waals surface area contributed by atoms with Crippen molar-refractivity contribution in [3.05, 3.63) is 42.1 Å². The molecule has 3 heteroatoms. The summed E-state index contributed by atoms with van der Waals surface area (Å²) in [6.45, 7) is 4.53. The van der Waals surface area contributed by atoms with Gasteiger partial charge in [0.05, 0.1) is 5.52 Å². The SMILES string of the molecule is CNC(CSCC(C)C)c1cccc2cccnc12. The van der Waals surface area contributed by atoms with Crippen molar-refractivity contribution >= 4 is 22.7 Å². The van der Waals surface area contributed by atoms with E-state index in [-0.39, 0.29) is 0 Å². The minimum Gasteiger partial charge on any atom is -0.312 e. The van der Waals surface area contributed by atoms with E-state index < -0.39 is 0 Å². The maximum Gasteiger partial charge on any atom is 0.0750 e. The van der Waals surface area contributed by atoms with Crippen molar-refractivity contribution in [3.8, 4) is 0 Å². The van der Waals surface area contributed by atoms with Gasteiger partial charge >= 0.3 is 0 Å². The van der Waals surface area contributed by atoms with Crippen LogP contribution in [-0.4, -0.2) is 23.5 Å². The van der Waals surface area contributed by atoms with Crippen LogP contribution in [0.1, 0.15) is 25.5 Å². The normalized spacial score (nSPS) is 13.1. The van der Waals surface area contributed by atoms with Crippen LogP contribution in [0.15, 0.2) is 36.5 Å². The number of nitrogens with one attached hydrogen (secondary N) is 1. The van der Waals surface area contributed by atoms with Crippen LogP contribution in [0.3, 0.4) is 0 Å². The van der Waals surface area contributed by atoms with Gasteiger partial charge in [0.25, 0.3) is 0 Å². The monoisotopic (exact) mass is 274 g/mol. The predicted molar refractivity (Wildman–Crippen MR) is 85.7 cm³/mol. The van der Waals surface area contributed by atoms with Gasteiger partial charge in [0.1, 0.15) is 0 Å². The van der Waals surface area contributed by atoms with E-state index in [4.69, 9.17) is 0 Å². The van der Waals surface area contributed by atoms with Gasteiger partial charge in [-0.05, 0) is 30.3 Å². The average Bonchev–Trinajstić information content (AvgIpc) is 2.43. The third kappa shape index (κ3) is 3.71. The molecular weight excluding hydrogens is 252 g/mol. The van der Waals surface area contributed by atoms with E-state index in [2.05, 4.69) is 48.4 Å². The lowest BCUT2D eigenvalue weighted by molar-refractivity contribution is 0.663. The Morgan fingerprint density at radius 3 is 2.68 bits per heavy atom. The summed E-state index contributed by atoms with van der Waals surface area (Å²) in [6, 6.07) is 10.9. The van der Waals surface area contributed by atoms with Gasteiger partial charge in [0.2, 0.25) is 0 Å². The number of benzene rings is 1. The summed E-state index contributed by atoms with van der Waals surface area (Å²) in [6.07, 6.45) is 1.87. The predicted octanol–water partition coefficient (Wildman–Crippen LogP) is 3.88. The molecule has 19 heavy (non-hydrogen) atoms. The zero-order valence-electron chi connectivity index (χ0n) is 11.9. The summed E-state index contributed by atoms with van der Waals surface area (Å²) >= 11 is 2.01. The summed E-state index contributed by atoms with van der Waals surface area (Å²) in [7, 11) is 2.03. The third-order valence-electron chi connectivity index (χ3n) is 3.12. The molecule has 0 aliphatic heterocycles. The largest absolute Gasteiger partial charge is 0.312 e. The Labute approximate surface area is 120 Å². The number of thioether (sulfide) groups is 1. The topological polar surface area (TPSA) is 24.9 Å². The maximum atomic E-state index is 4.54. The van der Waals surface area contributed by atoms with Gasteiger partial charge in [-0.3, -0.25) is 4.98 Å². The molecule has 0 amide bonds. The Morgan fingerprint density at radius 1 is 1.16 bits per heavy atom. The minimum absolute atomic E-state index is 0.363. The molecule has 0 radical (unpaired) electrons. The number of fused-ring (bicyclic) bond motifs is 1. The highest BCUT2D eigenvalue weighted by Gasteiger charge is 2.13. The van der Waals surface area contributed by atoms with E-state index in [0.29, 0.717) is 6.04 Å². The maximum absolute atomic E-state index is 4.54. The number of hydrogen-bond acceptors (Lipinski definition) is 3. The van der Waals surface area contributed by atoms with Crippen LogP contribution in [0.4, 0.5) is 0 Å². The van der Waals surface area contributed by atoms with E-state index in [1.54, 1.807) is 0 Å². The Hall–Kier alpha value is -1.06. The minimum atomic E-state index is 0.363. The van der Waals surface area contributed by atoms with E-state index in [9.17, 15) is 0 Å². The van der Waals surface area contributed by atoms with Crippen molar-refractivity contribution in [3.63, 3.8) is 0 Å². The third-order valence-corrected chi connectivity index (χ3v) is 4.59. The molecule has 1 atom stereocenters. The number of para-hydroxylation sites is 1. The van der Waals surface area contributed by atoms with E-state index in [1.165, 1.54) is 16.7 Å². The molecule has 0 bridgehead atoms. The molecule has 0 aliphatic rings. The molecule has 0 aliphatic carbocycles. The average molecular weight is 274 g/mol. The molecule has 0 fully saturated rings. The lowest BCUT2D eigenvalue weighted by Crippen LogP contribution is -2.19. The van der Waals surface area contributed by atoms with E-state index in [0.717, 1.165) is 17.2 Å². The summed E-state index contributed by atoms with van der Waals surface area (Å²) in [4.78, 5) is 4.54. The fraction of sp³-hybridized carbons (Fsp3) is 0.438. The lowest BCUT2D eigenvalue weighted by atomic mass is 10.0. The second-order valence-corrected chi connectivity index (χ2v) is 6.27. The van der Waals surface area contributed by atoms with Crippen molar-refractivity contribution < 1.29 is 0 Å². The van der Waals surface area contributed by atoms with Crippen LogP contribution in [0.25, 0.3) is 10.9 Å². The molecule has 0 saturated carbocycles. The highest BCUT2D eigenvalue weighted by Crippen LogP contribution is 2.25. The van der Waals surface area contributed by atoms with Crippen LogP contribution in [-0.2, 0) is 0 Å².